The van der Waals surface area contributed by atoms with E-state index in [1.807, 2.05) is 36.1 Å². The first-order valence-corrected chi connectivity index (χ1v) is 10.1. The van der Waals surface area contributed by atoms with Crippen molar-refractivity contribution in [2.24, 2.45) is 0 Å². The predicted molar refractivity (Wildman–Crippen MR) is 112 cm³/mol. The van der Waals surface area contributed by atoms with Gasteiger partial charge in [-0.1, -0.05) is 18.2 Å². The fraction of sp³-hybridized carbons (Fsp3) is 0.261. The molecule has 138 valence electrons. The highest BCUT2D eigenvalue weighted by atomic mass is 32.1. The Morgan fingerprint density at radius 2 is 1.89 bits per heavy atom. The molecule has 2 heterocycles. The largest absolute Gasteiger partial charge is 0.488 e. The number of carbonyl (C=O) groups is 1. The molecular formula is C23H23NO2S. The Bertz CT molecular complexity index is 1030. The van der Waals surface area contributed by atoms with E-state index in [0.29, 0.717) is 13.2 Å². The predicted octanol–water partition coefficient (Wildman–Crippen LogP) is 5.90. The first kappa shape index (κ1) is 17.8. The zero-order valence-corrected chi connectivity index (χ0v) is 16.9. The molecule has 0 bridgehead atoms. The van der Waals surface area contributed by atoms with Crippen LogP contribution in [0.1, 0.15) is 38.8 Å². The van der Waals surface area contributed by atoms with Crippen molar-refractivity contribution in [3.8, 4) is 16.2 Å². The van der Waals surface area contributed by atoms with Crippen molar-refractivity contribution in [2.45, 2.75) is 34.3 Å². The summed E-state index contributed by atoms with van der Waals surface area (Å²) in [6, 6.07) is 14.3. The van der Waals surface area contributed by atoms with Crippen molar-refractivity contribution < 1.29 is 9.53 Å². The van der Waals surface area contributed by atoms with Crippen molar-refractivity contribution in [1.29, 1.82) is 0 Å². The third kappa shape index (κ3) is 3.04. The van der Waals surface area contributed by atoms with Crippen LogP contribution in [0.2, 0.25) is 0 Å². The van der Waals surface area contributed by atoms with E-state index in [9.17, 15) is 4.79 Å². The van der Waals surface area contributed by atoms with Crippen LogP contribution < -0.4 is 9.64 Å². The Morgan fingerprint density at radius 1 is 1.07 bits per heavy atom. The Balaban J connectivity index is 1.73. The molecule has 2 aromatic carbocycles. The summed E-state index contributed by atoms with van der Waals surface area (Å²) in [5, 5.41) is 0. The number of nitrogens with zero attached hydrogens (tertiary/aromatic N) is 1. The van der Waals surface area contributed by atoms with Gasteiger partial charge < -0.3 is 9.64 Å². The number of benzene rings is 2. The van der Waals surface area contributed by atoms with E-state index in [1.54, 1.807) is 11.3 Å². The zero-order chi connectivity index (χ0) is 19.1. The van der Waals surface area contributed by atoms with Gasteiger partial charge in [0.1, 0.15) is 12.4 Å². The second-order valence-corrected chi connectivity index (χ2v) is 8.07. The topological polar surface area (TPSA) is 29.5 Å². The number of hydrogen-bond donors (Lipinski definition) is 0. The third-order valence-electron chi connectivity index (χ3n) is 5.23. The van der Waals surface area contributed by atoms with Crippen LogP contribution in [0.4, 0.5) is 5.69 Å². The first-order chi connectivity index (χ1) is 13.0. The Labute approximate surface area is 164 Å². The second-order valence-electron chi connectivity index (χ2n) is 7.02. The highest BCUT2D eigenvalue weighted by molar-refractivity contribution is 7.17. The molecule has 1 aromatic heterocycles. The highest BCUT2D eigenvalue weighted by Crippen LogP contribution is 2.44. The Kier molecular flexibility index (Phi) is 4.52. The van der Waals surface area contributed by atoms with Crippen molar-refractivity contribution >= 4 is 22.9 Å². The van der Waals surface area contributed by atoms with Gasteiger partial charge in [0.15, 0.2) is 0 Å². The molecule has 0 aliphatic carbocycles. The molecule has 3 aromatic rings. The van der Waals surface area contributed by atoms with Gasteiger partial charge in [-0.2, -0.15) is 0 Å². The van der Waals surface area contributed by atoms with Gasteiger partial charge in [0.25, 0.3) is 5.91 Å². The molecular weight excluding hydrogens is 354 g/mol. The van der Waals surface area contributed by atoms with Crippen LogP contribution in [0.5, 0.6) is 5.75 Å². The van der Waals surface area contributed by atoms with Crippen molar-refractivity contribution in [1.82, 2.24) is 0 Å². The smallest absolute Gasteiger partial charge is 0.268 e. The Hall–Kier alpha value is -2.59. The number of aryl methyl sites for hydroxylation is 3. The van der Waals surface area contributed by atoms with E-state index in [2.05, 4.69) is 39.0 Å². The summed E-state index contributed by atoms with van der Waals surface area (Å²) < 4.78 is 5.91. The standard InChI is InChI=1S/C23H23NO2S/c1-5-24(18-10-9-14(2)16(4)11-18)23(25)20-12-17-13-26-19-8-6-7-15(3)21(19)22(17)27-20/h6-12H,5,13H2,1-4H3. The van der Waals surface area contributed by atoms with Gasteiger partial charge in [0.2, 0.25) is 0 Å². The summed E-state index contributed by atoms with van der Waals surface area (Å²) >= 11 is 1.57. The highest BCUT2D eigenvalue weighted by Gasteiger charge is 2.26. The van der Waals surface area contributed by atoms with Crippen LogP contribution in [0.3, 0.4) is 0 Å². The molecule has 27 heavy (non-hydrogen) atoms. The molecule has 1 aliphatic rings. The van der Waals surface area contributed by atoms with Crippen LogP contribution in [-0.2, 0) is 6.61 Å². The molecule has 0 atom stereocenters. The van der Waals surface area contributed by atoms with Crippen molar-refractivity contribution in [2.75, 3.05) is 11.4 Å². The summed E-state index contributed by atoms with van der Waals surface area (Å²) in [6.45, 7) is 9.43. The molecule has 0 saturated carbocycles. The van der Waals surface area contributed by atoms with Crippen LogP contribution in [-0.4, -0.2) is 12.5 Å². The molecule has 4 heteroatoms. The fourth-order valence-electron chi connectivity index (χ4n) is 3.53. The molecule has 0 saturated heterocycles. The summed E-state index contributed by atoms with van der Waals surface area (Å²) in [7, 11) is 0. The average molecular weight is 378 g/mol. The number of anilines is 1. The van der Waals surface area contributed by atoms with E-state index in [0.717, 1.165) is 32.3 Å². The quantitative estimate of drug-likeness (QED) is 0.569. The van der Waals surface area contributed by atoms with Gasteiger partial charge >= 0.3 is 0 Å². The number of fused-ring (bicyclic) bond motifs is 3. The maximum atomic E-state index is 13.3. The second kappa shape index (κ2) is 6.86. The summed E-state index contributed by atoms with van der Waals surface area (Å²) in [6.07, 6.45) is 0. The Morgan fingerprint density at radius 3 is 2.63 bits per heavy atom. The van der Waals surface area contributed by atoms with Gasteiger partial charge in [0, 0.05) is 28.2 Å². The number of ether oxygens (including phenoxy) is 1. The van der Waals surface area contributed by atoms with Gasteiger partial charge in [-0.05, 0) is 68.7 Å². The van der Waals surface area contributed by atoms with Crippen LogP contribution in [0.25, 0.3) is 10.4 Å². The third-order valence-corrected chi connectivity index (χ3v) is 6.41. The number of hydrogen-bond acceptors (Lipinski definition) is 3. The molecule has 3 nitrogen and oxygen atoms in total. The maximum Gasteiger partial charge on any atom is 0.268 e. The first-order valence-electron chi connectivity index (χ1n) is 9.24. The lowest BCUT2D eigenvalue weighted by atomic mass is 10.0. The number of rotatable bonds is 3. The number of carbonyl (C=O) groups excluding carboxylic acids is 1. The summed E-state index contributed by atoms with van der Waals surface area (Å²) in [5.41, 5.74) is 6.78. The molecule has 1 amide bonds. The normalized spacial score (nSPS) is 12.1. The van der Waals surface area contributed by atoms with E-state index >= 15 is 0 Å². The number of amides is 1. The van der Waals surface area contributed by atoms with Gasteiger partial charge in [-0.3, -0.25) is 4.79 Å². The minimum absolute atomic E-state index is 0.0512. The fourth-order valence-corrected chi connectivity index (χ4v) is 4.76. The molecule has 0 N–H and O–H groups in total. The van der Waals surface area contributed by atoms with Crippen LogP contribution in [0.15, 0.2) is 42.5 Å². The lowest BCUT2D eigenvalue weighted by Crippen LogP contribution is -2.30. The SMILES string of the molecule is CCN(C(=O)c1cc2c(s1)-c1c(C)cccc1OC2)c1ccc(C)c(C)c1. The molecule has 4 rings (SSSR count). The maximum absolute atomic E-state index is 13.3. The zero-order valence-electron chi connectivity index (χ0n) is 16.1. The minimum Gasteiger partial charge on any atom is -0.488 e. The van der Waals surface area contributed by atoms with Gasteiger partial charge in [-0.25, -0.2) is 0 Å². The summed E-state index contributed by atoms with van der Waals surface area (Å²) in [4.78, 5) is 17.1. The molecule has 0 unspecified atom stereocenters. The monoisotopic (exact) mass is 377 g/mol. The average Bonchev–Trinajstić information content (AvgIpc) is 3.09. The van der Waals surface area contributed by atoms with Crippen molar-refractivity contribution in [3.05, 3.63) is 69.6 Å². The molecule has 0 radical (unpaired) electrons. The van der Waals surface area contributed by atoms with E-state index in [4.69, 9.17) is 4.74 Å². The van der Waals surface area contributed by atoms with Crippen LogP contribution >= 0.6 is 11.3 Å². The van der Waals surface area contributed by atoms with Gasteiger partial charge in [-0.15, -0.1) is 11.3 Å². The lowest BCUT2D eigenvalue weighted by molar-refractivity contribution is 0.0992. The van der Waals surface area contributed by atoms with Crippen LogP contribution in [0, 0.1) is 20.8 Å². The van der Waals surface area contributed by atoms with E-state index in [1.165, 1.54) is 16.7 Å². The van der Waals surface area contributed by atoms with Gasteiger partial charge in [0.05, 0.1) is 4.88 Å². The number of thiophene rings is 1. The molecule has 1 aliphatic heterocycles. The lowest BCUT2D eigenvalue weighted by Gasteiger charge is -2.21. The minimum atomic E-state index is 0.0512. The summed E-state index contributed by atoms with van der Waals surface area (Å²) in [5.74, 6) is 0.958. The van der Waals surface area contributed by atoms with Crippen molar-refractivity contribution in [3.63, 3.8) is 0 Å². The van der Waals surface area contributed by atoms with E-state index < -0.39 is 0 Å². The molecule has 0 fully saturated rings. The molecule has 0 spiro atoms. The van der Waals surface area contributed by atoms with E-state index in [-0.39, 0.29) is 5.91 Å².